The fourth-order valence-electron chi connectivity index (χ4n) is 3.00. The first-order chi connectivity index (χ1) is 10.3. The van der Waals surface area contributed by atoms with Crippen molar-refractivity contribution >= 4 is 11.6 Å². The molecule has 0 aliphatic heterocycles. The van der Waals surface area contributed by atoms with Crippen molar-refractivity contribution in [3.8, 4) is 12.3 Å². The van der Waals surface area contributed by atoms with Crippen molar-refractivity contribution in [3.63, 3.8) is 0 Å². The number of amides is 1. The van der Waals surface area contributed by atoms with E-state index in [0.717, 1.165) is 0 Å². The summed E-state index contributed by atoms with van der Waals surface area (Å²) in [6.07, 6.45) is 2.46. The lowest BCUT2D eigenvalue weighted by Gasteiger charge is -2.34. The highest BCUT2D eigenvalue weighted by Crippen LogP contribution is 2.42. The highest BCUT2D eigenvalue weighted by molar-refractivity contribution is 5.95. The molecule has 2 nitrogen and oxygen atoms in total. The van der Waals surface area contributed by atoms with Gasteiger partial charge < -0.3 is 4.90 Å². The second-order valence-electron chi connectivity index (χ2n) is 5.63. The third-order valence-electron chi connectivity index (χ3n) is 4.23. The number of terminal acetylenes is 1. The second-order valence-corrected chi connectivity index (χ2v) is 5.63. The number of rotatable bonds is 2. The topological polar surface area (TPSA) is 20.3 Å². The molecule has 1 aliphatic rings. The second kappa shape index (κ2) is 6.43. The molecule has 1 fully saturated rings. The summed E-state index contributed by atoms with van der Waals surface area (Å²) < 4.78 is 39.4. The summed E-state index contributed by atoms with van der Waals surface area (Å²) in [5, 5.41) is 0. The molecule has 0 radical (unpaired) electrons. The lowest BCUT2D eigenvalue weighted by atomic mass is 9.78. The molecule has 1 aliphatic carbocycles. The Hall–Kier alpha value is -1.96. The average Bonchev–Trinajstić information content (AvgIpc) is 2.52. The Kier molecular flexibility index (Phi) is 4.80. The molecule has 0 aromatic heterocycles. The fraction of sp³-hybridized carbons (Fsp3) is 0.471. The van der Waals surface area contributed by atoms with Gasteiger partial charge in [-0.1, -0.05) is 24.8 Å². The van der Waals surface area contributed by atoms with Gasteiger partial charge in [-0.15, -0.1) is 6.42 Å². The van der Waals surface area contributed by atoms with Gasteiger partial charge in [-0.05, 0) is 31.0 Å². The van der Waals surface area contributed by atoms with Crippen molar-refractivity contribution in [3.05, 3.63) is 29.8 Å². The van der Waals surface area contributed by atoms with Gasteiger partial charge in [-0.2, -0.15) is 13.2 Å². The van der Waals surface area contributed by atoms with Crippen molar-refractivity contribution in [1.82, 2.24) is 0 Å². The largest absolute Gasteiger partial charge is 0.392 e. The van der Waals surface area contributed by atoms with Gasteiger partial charge in [0.2, 0.25) is 5.91 Å². The molecule has 118 valence electrons. The number of alkyl halides is 3. The van der Waals surface area contributed by atoms with E-state index in [4.69, 9.17) is 6.42 Å². The van der Waals surface area contributed by atoms with Crippen LogP contribution in [0.5, 0.6) is 0 Å². The predicted molar refractivity (Wildman–Crippen MR) is 79.3 cm³/mol. The van der Waals surface area contributed by atoms with E-state index in [0.29, 0.717) is 24.1 Å². The van der Waals surface area contributed by atoms with Crippen LogP contribution in [0.3, 0.4) is 0 Å². The lowest BCUT2D eigenvalue weighted by molar-refractivity contribution is -0.197. The maximum atomic E-state index is 13.1. The summed E-state index contributed by atoms with van der Waals surface area (Å²) >= 11 is 0. The van der Waals surface area contributed by atoms with Crippen LogP contribution < -0.4 is 4.90 Å². The van der Waals surface area contributed by atoms with Gasteiger partial charge in [0.15, 0.2) is 0 Å². The normalized spacial score (nSPS) is 22.0. The molecule has 5 heteroatoms. The zero-order chi connectivity index (χ0) is 16.3. The van der Waals surface area contributed by atoms with Gasteiger partial charge in [-0.3, -0.25) is 4.79 Å². The molecule has 2 rings (SSSR count). The highest BCUT2D eigenvalue weighted by atomic mass is 19.4. The number of anilines is 1. The lowest BCUT2D eigenvalue weighted by Crippen LogP contribution is -2.43. The van der Waals surface area contributed by atoms with Crippen LogP contribution in [0.25, 0.3) is 0 Å². The van der Waals surface area contributed by atoms with Gasteiger partial charge in [0.05, 0.1) is 5.92 Å². The molecular formula is C17H18F3NO. The maximum Gasteiger partial charge on any atom is 0.392 e. The third-order valence-corrected chi connectivity index (χ3v) is 4.23. The Labute approximate surface area is 128 Å². The Balaban J connectivity index is 2.23. The standard InChI is InChI=1S/C17H18F3NO/c1-3-12-7-6-8-13(11-12)21(2)16(22)14-9-4-5-10-15(14)17(18,19)20/h1,6-8,11,14-15H,4-5,9-10H2,2H3/t14-,15-/m0/s1. The first-order valence-electron chi connectivity index (χ1n) is 7.25. The molecule has 0 bridgehead atoms. The van der Waals surface area contributed by atoms with Gasteiger partial charge in [0, 0.05) is 24.2 Å². The summed E-state index contributed by atoms with van der Waals surface area (Å²) in [5.74, 6) is -0.589. The molecule has 0 unspecified atom stereocenters. The fourth-order valence-corrected chi connectivity index (χ4v) is 3.00. The predicted octanol–water partition coefficient (Wildman–Crippen LogP) is 4.00. The van der Waals surface area contributed by atoms with Crippen molar-refractivity contribution < 1.29 is 18.0 Å². The molecule has 2 atom stereocenters. The first kappa shape index (κ1) is 16.4. The van der Waals surface area contributed by atoms with E-state index in [1.54, 1.807) is 24.3 Å². The Morgan fingerprint density at radius 3 is 2.64 bits per heavy atom. The molecule has 22 heavy (non-hydrogen) atoms. The van der Waals surface area contributed by atoms with E-state index in [2.05, 4.69) is 5.92 Å². The summed E-state index contributed by atoms with van der Waals surface area (Å²) in [7, 11) is 1.50. The van der Waals surface area contributed by atoms with Crippen LogP contribution in [0.1, 0.15) is 31.2 Å². The summed E-state index contributed by atoms with van der Waals surface area (Å²) in [6.45, 7) is 0. The Morgan fingerprint density at radius 1 is 1.32 bits per heavy atom. The van der Waals surface area contributed by atoms with E-state index in [1.165, 1.54) is 11.9 Å². The number of carbonyl (C=O) groups is 1. The van der Waals surface area contributed by atoms with Crippen LogP contribution in [-0.4, -0.2) is 19.1 Å². The minimum absolute atomic E-state index is 0.0259. The van der Waals surface area contributed by atoms with Gasteiger partial charge in [0.25, 0.3) is 0 Å². The molecular weight excluding hydrogens is 291 g/mol. The monoisotopic (exact) mass is 309 g/mol. The number of nitrogens with zero attached hydrogens (tertiary/aromatic N) is 1. The van der Waals surface area contributed by atoms with E-state index < -0.39 is 23.9 Å². The zero-order valence-corrected chi connectivity index (χ0v) is 12.4. The molecule has 0 N–H and O–H groups in total. The van der Waals surface area contributed by atoms with Crippen molar-refractivity contribution in [2.75, 3.05) is 11.9 Å². The molecule has 1 saturated carbocycles. The van der Waals surface area contributed by atoms with E-state index >= 15 is 0 Å². The Bertz CT molecular complexity index is 588. The molecule has 1 aromatic carbocycles. The third kappa shape index (κ3) is 3.44. The Morgan fingerprint density at radius 2 is 2.00 bits per heavy atom. The van der Waals surface area contributed by atoms with Gasteiger partial charge >= 0.3 is 6.18 Å². The number of carbonyl (C=O) groups excluding carboxylic acids is 1. The van der Waals surface area contributed by atoms with Crippen LogP contribution in [0.2, 0.25) is 0 Å². The summed E-state index contributed by atoms with van der Waals surface area (Å²) in [4.78, 5) is 13.8. The molecule has 0 spiro atoms. The maximum absolute atomic E-state index is 13.1. The van der Waals surface area contributed by atoms with Gasteiger partial charge in [0.1, 0.15) is 0 Å². The first-order valence-corrected chi connectivity index (χ1v) is 7.25. The van der Waals surface area contributed by atoms with Crippen LogP contribution in [0, 0.1) is 24.2 Å². The smallest absolute Gasteiger partial charge is 0.315 e. The average molecular weight is 309 g/mol. The SMILES string of the molecule is C#Cc1cccc(N(C)C(=O)[C@H]2CCCC[C@@H]2C(F)(F)F)c1. The van der Waals surface area contributed by atoms with Crippen molar-refractivity contribution in [1.29, 1.82) is 0 Å². The quantitative estimate of drug-likeness (QED) is 0.756. The summed E-state index contributed by atoms with van der Waals surface area (Å²) in [6, 6.07) is 6.70. The number of hydrogen-bond donors (Lipinski definition) is 0. The van der Waals surface area contributed by atoms with Gasteiger partial charge in [-0.25, -0.2) is 0 Å². The number of halogens is 3. The molecule has 1 aromatic rings. The summed E-state index contributed by atoms with van der Waals surface area (Å²) in [5.41, 5.74) is 1.11. The van der Waals surface area contributed by atoms with Crippen LogP contribution >= 0.6 is 0 Å². The number of hydrogen-bond acceptors (Lipinski definition) is 1. The minimum Gasteiger partial charge on any atom is -0.315 e. The van der Waals surface area contributed by atoms with E-state index in [-0.39, 0.29) is 12.8 Å². The van der Waals surface area contributed by atoms with Crippen LogP contribution in [0.15, 0.2) is 24.3 Å². The van der Waals surface area contributed by atoms with Crippen molar-refractivity contribution in [2.45, 2.75) is 31.9 Å². The van der Waals surface area contributed by atoms with Crippen molar-refractivity contribution in [2.24, 2.45) is 11.8 Å². The number of benzene rings is 1. The minimum atomic E-state index is -4.33. The zero-order valence-electron chi connectivity index (χ0n) is 12.4. The highest BCUT2D eigenvalue weighted by Gasteiger charge is 2.48. The molecule has 0 heterocycles. The molecule has 0 saturated heterocycles. The van der Waals surface area contributed by atoms with E-state index in [1.807, 2.05) is 0 Å². The van der Waals surface area contributed by atoms with Crippen LogP contribution in [-0.2, 0) is 4.79 Å². The van der Waals surface area contributed by atoms with Crippen LogP contribution in [0.4, 0.5) is 18.9 Å². The van der Waals surface area contributed by atoms with E-state index in [9.17, 15) is 18.0 Å². The molecule has 1 amide bonds.